The number of hydrogen-bond donors (Lipinski definition) is 2. The smallest absolute Gasteiger partial charge is 0.165 e. The number of alkyl halides is 1. The van der Waals surface area contributed by atoms with Gasteiger partial charge in [0.2, 0.25) is 0 Å². The van der Waals surface area contributed by atoms with Crippen molar-refractivity contribution in [1.29, 1.82) is 0 Å². The van der Waals surface area contributed by atoms with E-state index in [1.807, 2.05) is 0 Å². The second kappa shape index (κ2) is 4.36. The molecule has 96 valence electrons. The number of aromatic nitrogens is 4. The molecule has 18 heavy (non-hydrogen) atoms. The summed E-state index contributed by atoms with van der Waals surface area (Å²) in [5.74, 6) is 0.875. The minimum Gasteiger partial charge on any atom is -0.395 e. The van der Waals surface area contributed by atoms with Crippen molar-refractivity contribution in [3.8, 4) is 0 Å². The molecule has 0 spiro atoms. The molecule has 1 fully saturated rings. The molecule has 2 aromatic rings. The molecule has 0 unspecified atom stereocenters. The molecule has 1 saturated heterocycles. The van der Waals surface area contributed by atoms with Crippen LogP contribution in [0.15, 0.2) is 12.7 Å². The van der Waals surface area contributed by atoms with Gasteiger partial charge in [0.05, 0.1) is 24.2 Å². The van der Waals surface area contributed by atoms with Crippen LogP contribution in [0, 0.1) is 0 Å². The predicted octanol–water partition coefficient (Wildman–Crippen LogP) is 0.395. The van der Waals surface area contributed by atoms with E-state index in [9.17, 15) is 4.39 Å². The molecular weight excluding hydrogens is 257 g/mol. The molecule has 0 saturated carbocycles. The van der Waals surface area contributed by atoms with Gasteiger partial charge < -0.3 is 15.4 Å². The molecule has 0 aromatic carbocycles. The third-order valence-electron chi connectivity index (χ3n) is 3.13. The van der Waals surface area contributed by atoms with E-state index >= 15 is 0 Å². The Morgan fingerprint density at radius 2 is 2.33 bits per heavy atom. The van der Waals surface area contributed by atoms with Crippen molar-refractivity contribution in [2.75, 3.05) is 18.1 Å². The van der Waals surface area contributed by atoms with Gasteiger partial charge in [-0.1, -0.05) is 0 Å². The van der Waals surface area contributed by atoms with Crippen LogP contribution >= 0.6 is 11.8 Å². The van der Waals surface area contributed by atoms with E-state index in [0.717, 1.165) is 0 Å². The Hall–Kier alpha value is -1.41. The quantitative estimate of drug-likeness (QED) is 0.820. The molecule has 0 bridgehead atoms. The molecule has 3 heterocycles. The van der Waals surface area contributed by atoms with Gasteiger partial charge in [0.1, 0.15) is 18.0 Å². The summed E-state index contributed by atoms with van der Waals surface area (Å²) in [6.07, 6.45) is 1.76. The molecule has 2 aromatic heterocycles. The minimum absolute atomic E-state index is 0.161. The van der Waals surface area contributed by atoms with Gasteiger partial charge in [0.25, 0.3) is 0 Å². The van der Waals surface area contributed by atoms with Crippen LogP contribution in [0.1, 0.15) is 6.04 Å². The molecule has 3 atom stereocenters. The fourth-order valence-corrected chi connectivity index (χ4v) is 3.41. The van der Waals surface area contributed by atoms with Crippen LogP contribution in [-0.2, 0) is 0 Å². The summed E-state index contributed by atoms with van der Waals surface area (Å²) in [4.78, 5) is 12.1. The van der Waals surface area contributed by atoms with E-state index in [-0.39, 0.29) is 17.9 Å². The van der Waals surface area contributed by atoms with Crippen LogP contribution in [0.5, 0.6) is 0 Å². The highest BCUT2D eigenvalue weighted by molar-refractivity contribution is 8.00. The van der Waals surface area contributed by atoms with E-state index in [1.54, 1.807) is 4.57 Å². The van der Waals surface area contributed by atoms with Gasteiger partial charge in [-0.15, -0.1) is 0 Å². The Morgan fingerprint density at radius 3 is 3.06 bits per heavy atom. The Morgan fingerprint density at radius 1 is 1.50 bits per heavy atom. The Kier molecular flexibility index (Phi) is 2.83. The topological polar surface area (TPSA) is 89.9 Å². The number of hydrogen-bond acceptors (Lipinski definition) is 6. The van der Waals surface area contributed by atoms with E-state index in [1.165, 1.54) is 24.4 Å². The average molecular weight is 269 g/mol. The van der Waals surface area contributed by atoms with Gasteiger partial charge in [0, 0.05) is 5.75 Å². The zero-order chi connectivity index (χ0) is 12.7. The van der Waals surface area contributed by atoms with Crippen LogP contribution in [0.4, 0.5) is 10.2 Å². The summed E-state index contributed by atoms with van der Waals surface area (Å²) < 4.78 is 15.8. The molecule has 0 amide bonds. The Bertz CT molecular complexity index is 576. The first kappa shape index (κ1) is 11.7. The third kappa shape index (κ3) is 1.64. The van der Waals surface area contributed by atoms with Gasteiger partial charge in [0.15, 0.2) is 11.5 Å². The molecule has 0 radical (unpaired) electrons. The summed E-state index contributed by atoms with van der Waals surface area (Å²) in [6.45, 7) is -0.161. The predicted molar refractivity (Wildman–Crippen MR) is 67.0 cm³/mol. The Labute approximate surface area is 106 Å². The number of aliphatic hydroxyl groups is 1. The first-order valence-corrected chi connectivity index (χ1v) is 6.56. The average Bonchev–Trinajstić information content (AvgIpc) is 2.93. The summed E-state index contributed by atoms with van der Waals surface area (Å²) in [5, 5.41) is 8.70. The van der Waals surface area contributed by atoms with E-state index < -0.39 is 6.17 Å². The number of nitrogen functional groups attached to an aromatic ring is 1. The first-order chi connectivity index (χ1) is 8.72. The van der Waals surface area contributed by atoms with Crippen LogP contribution in [0.25, 0.3) is 11.2 Å². The largest absolute Gasteiger partial charge is 0.395 e. The lowest BCUT2D eigenvalue weighted by Gasteiger charge is -2.16. The van der Waals surface area contributed by atoms with Gasteiger partial charge >= 0.3 is 0 Å². The van der Waals surface area contributed by atoms with Crippen LogP contribution < -0.4 is 5.73 Å². The number of rotatable bonds is 2. The van der Waals surface area contributed by atoms with Crippen molar-refractivity contribution < 1.29 is 9.50 Å². The normalized spacial score (nSPS) is 28.0. The third-order valence-corrected chi connectivity index (χ3v) is 4.50. The molecule has 3 rings (SSSR count). The SMILES string of the molecule is Nc1ncnc2c1ncn2[C@H]1CS[C@@H](CO)[C@@H]1F. The number of nitrogens with zero attached hydrogens (tertiary/aromatic N) is 4. The van der Waals surface area contributed by atoms with Crippen molar-refractivity contribution in [2.45, 2.75) is 17.5 Å². The molecule has 1 aliphatic heterocycles. The second-order valence-corrected chi connectivity index (χ2v) is 5.42. The summed E-state index contributed by atoms with van der Waals surface area (Å²) in [5.41, 5.74) is 6.71. The fourth-order valence-electron chi connectivity index (χ4n) is 2.15. The van der Waals surface area contributed by atoms with Crippen molar-refractivity contribution in [1.82, 2.24) is 19.5 Å². The number of thioether (sulfide) groups is 1. The minimum atomic E-state index is -1.12. The number of aliphatic hydroxyl groups excluding tert-OH is 1. The molecule has 1 aliphatic rings. The van der Waals surface area contributed by atoms with Gasteiger partial charge in [-0.05, 0) is 0 Å². The van der Waals surface area contributed by atoms with Crippen molar-refractivity contribution in [2.24, 2.45) is 0 Å². The molecule has 8 heteroatoms. The lowest BCUT2D eigenvalue weighted by Crippen LogP contribution is -2.25. The van der Waals surface area contributed by atoms with E-state index in [2.05, 4.69) is 15.0 Å². The number of imidazole rings is 1. The lowest BCUT2D eigenvalue weighted by atomic mass is 10.1. The van der Waals surface area contributed by atoms with Crippen molar-refractivity contribution in [3.63, 3.8) is 0 Å². The zero-order valence-electron chi connectivity index (χ0n) is 9.40. The number of nitrogens with two attached hydrogens (primary N) is 1. The van der Waals surface area contributed by atoms with Gasteiger partial charge in [-0.25, -0.2) is 19.3 Å². The Balaban J connectivity index is 2.03. The highest BCUT2D eigenvalue weighted by atomic mass is 32.2. The molecule has 0 aliphatic carbocycles. The monoisotopic (exact) mass is 269 g/mol. The van der Waals surface area contributed by atoms with Crippen LogP contribution in [0.3, 0.4) is 0 Å². The van der Waals surface area contributed by atoms with Crippen molar-refractivity contribution >= 4 is 28.7 Å². The second-order valence-electron chi connectivity index (χ2n) is 4.15. The first-order valence-electron chi connectivity index (χ1n) is 5.52. The highest BCUT2D eigenvalue weighted by Gasteiger charge is 2.38. The lowest BCUT2D eigenvalue weighted by molar-refractivity contribution is 0.200. The summed E-state index contributed by atoms with van der Waals surface area (Å²) in [6, 6.07) is -0.369. The molecule has 6 nitrogen and oxygen atoms in total. The maximum atomic E-state index is 14.1. The summed E-state index contributed by atoms with van der Waals surface area (Å²) in [7, 11) is 0. The van der Waals surface area contributed by atoms with Gasteiger partial charge in [-0.2, -0.15) is 11.8 Å². The van der Waals surface area contributed by atoms with Crippen molar-refractivity contribution in [3.05, 3.63) is 12.7 Å². The number of anilines is 1. The molecular formula is C10H12FN5OS. The maximum Gasteiger partial charge on any atom is 0.165 e. The number of fused-ring (bicyclic) bond motifs is 1. The highest BCUT2D eigenvalue weighted by Crippen LogP contribution is 2.38. The zero-order valence-corrected chi connectivity index (χ0v) is 10.2. The van der Waals surface area contributed by atoms with Gasteiger partial charge in [-0.3, -0.25) is 0 Å². The van der Waals surface area contributed by atoms with E-state index in [4.69, 9.17) is 10.8 Å². The fraction of sp³-hybridized carbons (Fsp3) is 0.500. The van der Waals surface area contributed by atoms with Crippen LogP contribution in [0.2, 0.25) is 0 Å². The standard InChI is InChI=1S/C10H12FN5OS/c11-7-5(2-18-6(7)1-17)16-4-15-8-9(12)13-3-14-10(8)16/h3-7,17H,1-2H2,(H2,12,13,14)/t5-,6-,7+/m0/s1. The maximum absolute atomic E-state index is 14.1. The molecule has 3 N–H and O–H groups in total. The number of halogens is 1. The summed E-state index contributed by atoms with van der Waals surface area (Å²) >= 11 is 1.42. The van der Waals surface area contributed by atoms with Crippen LogP contribution in [-0.4, -0.2) is 48.4 Å². The van der Waals surface area contributed by atoms with E-state index in [0.29, 0.717) is 22.7 Å².